The Balaban J connectivity index is 1.20. The quantitative estimate of drug-likeness (QED) is 0.0991. The maximum Gasteiger partial charge on any atom is 0.308 e. The molecule has 7 rings (SSSR count). The summed E-state index contributed by atoms with van der Waals surface area (Å²) in [6.45, 7) is -0.306. The van der Waals surface area contributed by atoms with E-state index in [0.29, 0.717) is 45.3 Å². The molecular formula is C48H40F2N2O8. The van der Waals surface area contributed by atoms with Crippen LogP contribution in [0.1, 0.15) is 22.3 Å². The number of ether oxygens (including phenoxy) is 2. The first-order chi connectivity index (χ1) is 29.0. The number of carbonyl (C=O) groups excluding carboxylic acids is 2. The van der Waals surface area contributed by atoms with Gasteiger partial charge in [-0.2, -0.15) is 0 Å². The Kier molecular flexibility index (Phi) is 12.6. The van der Waals surface area contributed by atoms with Crippen molar-refractivity contribution < 1.29 is 47.6 Å². The van der Waals surface area contributed by atoms with Gasteiger partial charge in [-0.05, 0) is 95.1 Å². The fraction of sp³-hybridized carbons (Fsp3) is 0.167. The van der Waals surface area contributed by atoms with Gasteiger partial charge in [-0.1, -0.05) is 84.9 Å². The van der Waals surface area contributed by atoms with Gasteiger partial charge in [0.1, 0.15) is 34.6 Å². The van der Waals surface area contributed by atoms with E-state index >= 15 is 0 Å². The number of halogens is 2. The van der Waals surface area contributed by atoms with E-state index in [-0.39, 0.29) is 26.2 Å². The van der Waals surface area contributed by atoms with Crippen molar-refractivity contribution in [2.75, 3.05) is 0 Å². The molecule has 1 aliphatic rings. The third-order valence-corrected chi connectivity index (χ3v) is 10.4. The Hall–Kier alpha value is -7.34. The second-order valence-electron chi connectivity index (χ2n) is 14.5. The third kappa shape index (κ3) is 9.84. The van der Waals surface area contributed by atoms with Gasteiger partial charge in [0, 0.05) is 26.2 Å². The first kappa shape index (κ1) is 40.8. The molecule has 6 aromatic carbocycles. The highest BCUT2D eigenvalue weighted by atomic mass is 19.1. The summed E-state index contributed by atoms with van der Waals surface area (Å²) in [5, 5.41) is 20.8. The number of nitrogens with zero attached hydrogens (tertiary/aromatic N) is 2. The van der Waals surface area contributed by atoms with E-state index in [1.165, 1.54) is 58.3 Å². The van der Waals surface area contributed by atoms with Crippen LogP contribution in [0.15, 0.2) is 158 Å². The second kappa shape index (κ2) is 18.5. The van der Waals surface area contributed by atoms with Crippen LogP contribution in [0.25, 0.3) is 0 Å². The number of hydrogen-bond donors (Lipinski definition) is 2. The van der Waals surface area contributed by atoms with E-state index in [1.807, 2.05) is 36.4 Å². The molecular weight excluding hydrogens is 771 g/mol. The Bertz CT molecular complexity index is 2240. The van der Waals surface area contributed by atoms with Crippen LogP contribution in [0.5, 0.6) is 23.0 Å². The number of carboxylic acids is 2. The first-order valence-corrected chi connectivity index (χ1v) is 19.2. The summed E-state index contributed by atoms with van der Waals surface area (Å²) in [7, 11) is 0. The molecule has 1 aliphatic carbocycles. The van der Waals surface area contributed by atoms with Gasteiger partial charge in [0.2, 0.25) is 11.8 Å². The second-order valence-corrected chi connectivity index (χ2v) is 14.5. The Morgan fingerprint density at radius 3 is 0.950 bits per heavy atom. The Morgan fingerprint density at radius 1 is 0.400 bits per heavy atom. The summed E-state index contributed by atoms with van der Waals surface area (Å²) in [5.41, 5.74) is 2.31. The molecule has 10 nitrogen and oxygen atoms in total. The van der Waals surface area contributed by atoms with Gasteiger partial charge < -0.3 is 29.5 Å². The molecule has 4 unspecified atom stereocenters. The fourth-order valence-electron chi connectivity index (χ4n) is 7.46. The lowest BCUT2D eigenvalue weighted by Crippen LogP contribution is -2.64. The number of benzene rings is 6. The minimum absolute atomic E-state index is 0.0555. The van der Waals surface area contributed by atoms with Crippen molar-refractivity contribution in [3.63, 3.8) is 0 Å². The molecule has 1 saturated carbocycles. The summed E-state index contributed by atoms with van der Waals surface area (Å²) in [6.07, 6.45) is 0. The Labute approximate surface area is 344 Å². The lowest BCUT2D eigenvalue weighted by atomic mass is 9.55. The predicted molar refractivity (Wildman–Crippen MR) is 216 cm³/mol. The predicted octanol–water partition coefficient (Wildman–Crippen LogP) is 8.95. The zero-order valence-corrected chi connectivity index (χ0v) is 32.1. The van der Waals surface area contributed by atoms with E-state index in [9.17, 15) is 38.2 Å². The van der Waals surface area contributed by atoms with E-state index in [2.05, 4.69) is 0 Å². The van der Waals surface area contributed by atoms with Crippen molar-refractivity contribution >= 4 is 23.8 Å². The minimum atomic E-state index is -1.73. The SMILES string of the molecule is O=C(O)C1C(C(=O)O)C(C(=O)N(Cc2ccc(F)cc2)Cc2ccc(Oc3ccccc3)cc2)C1C(=O)N(Cc1ccc(F)cc1)Cc1ccc(Oc2ccccc2)cc1. The van der Waals surface area contributed by atoms with Crippen molar-refractivity contribution in [3.8, 4) is 23.0 Å². The van der Waals surface area contributed by atoms with Crippen molar-refractivity contribution in [2.24, 2.45) is 23.7 Å². The van der Waals surface area contributed by atoms with Crippen LogP contribution in [0, 0.1) is 35.3 Å². The van der Waals surface area contributed by atoms with Crippen LogP contribution in [-0.4, -0.2) is 43.8 Å². The molecule has 0 radical (unpaired) electrons. The van der Waals surface area contributed by atoms with E-state index in [0.717, 1.165) is 0 Å². The van der Waals surface area contributed by atoms with Crippen LogP contribution in [0.4, 0.5) is 8.78 Å². The molecule has 2 amide bonds. The van der Waals surface area contributed by atoms with Gasteiger partial charge in [0.05, 0.1) is 23.7 Å². The average molecular weight is 811 g/mol. The molecule has 0 spiro atoms. The molecule has 0 aromatic heterocycles. The molecule has 0 bridgehead atoms. The molecule has 0 saturated heterocycles. The molecule has 1 fully saturated rings. The molecule has 0 aliphatic heterocycles. The largest absolute Gasteiger partial charge is 0.481 e. The molecule has 4 atom stereocenters. The molecule has 304 valence electrons. The highest BCUT2D eigenvalue weighted by Gasteiger charge is 2.65. The topological polar surface area (TPSA) is 134 Å². The zero-order valence-electron chi connectivity index (χ0n) is 32.1. The normalized spacial score (nSPS) is 16.8. The highest BCUT2D eigenvalue weighted by Crippen LogP contribution is 2.49. The molecule has 2 N–H and O–H groups in total. The lowest BCUT2D eigenvalue weighted by Gasteiger charge is -2.48. The van der Waals surface area contributed by atoms with Crippen LogP contribution < -0.4 is 9.47 Å². The molecule has 0 heterocycles. The van der Waals surface area contributed by atoms with Crippen molar-refractivity contribution in [3.05, 3.63) is 192 Å². The zero-order chi connectivity index (χ0) is 42.2. The van der Waals surface area contributed by atoms with Gasteiger partial charge in [-0.15, -0.1) is 0 Å². The maximum atomic E-state index is 14.8. The van der Waals surface area contributed by atoms with E-state index in [1.54, 1.807) is 72.8 Å². The van der Waals surface area contributed by atoms with Crippen molar-refractivity contribution in [1.29, 1.82) is 0 Å². The van der Waals surface area contributed by atoms with Gasteiger partial charge in [0.15, 0.2) is 0 Å². The molecule has 6 aromatic rings. The number of carbonyl (C=O) groups is 4. The maximum absolute atomic E-state index is 14.8. The third-order valence-electron chi connectivity index (χ3n) is 10.4. The number of hydrogen-bond acceptors (Lipinski definition) is 6. The van der Waals surface area contributed by atoms with Crippen molar-refractivity contribution in [1.82, 2.24) is 9.80 Å². The number of rotatable bonds is 16. The van der Waals surface area contributed by atoms with Gasteiger partial charge in [-0.3, -0.25) is 19.2 Å². The monoisotopic (exact) mass is 810 g/mol. The van der Waals surface area contributed by atoms with Gasteiger partial charge >= 0.3 is 11.9 Å². The van der Waals surface area contributed by atoms with E-state index < -0.39 is 59.1 Å². The summed E-state index contributed by atoms with van der Waals surface area (Å²) in [6, 6.07) is 43.0. The highest BCUT2D eigenvalue weighted by molar-refractivity contribution is 5.99. The van der Waals surface area contributed by atoms with Crippen LogP contribution in [0.3, 0.4) is 0 Å². The van der Waals surface area contributed by atoms with Gasteiger partial charge in [-0.25, -0.2) is 8.78 Å². The number of para-hydroxylation sites is 2. The molecule has 60 heavy (non-hydrogen) atoms. The fourth-order valence-corrected chi connectivity index (χ4v) is 7.46. The van der Waals surface area contributed by atoms with Crippen LogP contribution in [-0.2, 0) is 45.4 Å². The summed E-state index contributed by atoms with van der Waals surface area (Å²) >= 11 is 0. The van der Waals surface area contributed by atoms with Gasteiger partial charge in [0.25, 0.3) is 0 Å². The molecule has 12 heteroatoms. The van der Waals surface area contributed by atoms with E-state index in [4.69, 9.17) is 9.47 Å². The van der Waals surface area contributed by atoms with Crippen molar-refractivity contribution in [2.45, 2.75) is 26.2 Å². The summed E-state index contributed by atoms with van der Waals surface area (Å²) in [4.78, 5) is 58.0. The standard InChI is InChI=1S/C48H40F2N2O8/c49-35-19-11-31(12-20-35)27-51(29-33-15-23-39(24-16-33)59-37-7-3-1-4-8-37)45(53)41-42(44(48(57)58)43(41)47(55)56)46(54)52(28-32-13-21-36(50)22-14-32)30-34-17-25-40(26-18-34)60-38-9-5-2-6-10-38/h1-26,41-44H,27-30H2,(H,55,56)(H,57,58). The van der Waals surface area contributed by atoms with Crippen LogP contribution >= 0.6 is 0 Å². The number of amides is 2. The summed E-state index contributed by atoms with van der Waals surface area (Å²) < 4.78 is 39.7. The average Bonchev–Trinajstić information content (AvgIpc) is 3.23. The summed E-state index contributed by atoms with van der Waals surface area (Å²) in [5.74, 6) is -9.88. The first-order valence-electron chi connectivity index (χ1n) is 19.2. The minimum Gasteiger partial charge on any atom is -0.481 e. The number of carboxylic acid groups (broad SMARTS) is 2. The lowest BCUT2D eigenvalue weighted by molar-refractivity contribution is -0.188. The smallest absolute Gasteiger partial charge is 0.308 e. The number of aliphatic carboxylic acids is 2. The van der Waals surface area contributed by atoms with Crippen LogP contribution in [0.2, 0.25) is 0 Å². The Morgan fingerprint density at radius 2 is 0.667 bits per heavy atom.